The molecule has 1 aliphatic carbocycles. The fourth-order valence-electron chi connectivity index (χ4n) is 4.43. The van der Waals surface area contributed by atoms with E-state index >= 15 is 0 Å². The van der Waals surface area contributed by atoms with Gasteiger partial charge in [0.05, 0.1) is 6.42 Å². The van der Waals surface area contributed by atoms with Gasteiger partial charge in [0.2, 0.25) is 11.8 Å². The van der Waals surface area contributed by atoms with E-state index in [1.165, 1.54) is 30.4 Å². The van der Waals surface area contributed by atoms with Crippen LogP contribution in [0.4, 0.5) is 0 Å². The van der Waals surface area contributed by atoms with Crippen LogP contribution in [0.2, 0.25) is 0 Å². The molecule has 0 saturated heterocycles. The van der Waals surface area contributed by atoms with E-state index in [1.807, 2.05) is 43.3 Å². The van der Waals surface area contributed by atoms with Crippen molar-refractivity contribution in [2.75, 3.05) is 0 Å². The van der Waals surface area contributed by atoms with Gasteiger partial charge in [0.25, 0.3) is 0 Å². The van der Waals surface area contributed by atoms with Crippen LogP contribution in [0.3, 0.4) is 0 Å². The molecular formula is C27H36N2O2. The van der Waals surface area contributed by atoms with Gasteiger partial charge in [-0.3, -0.25) is 9.59 Å². The number of hydrogen-bond donors (Lipinski definition) is 1. The molecule has 0 radical (unpaired) electrons. The van der Waals surface area contributed by atoms with Gasteiger partial charge in [0.15, 0.2) is 0 Å². The molecular weight excluding hydrogens is 384 g/mol. The van der Waals surface area contributed by atoms with Crippen LogP contribution in [-0.4, -0.2) is 28.8 Å². The lowest BCUT2D eigenvalue weighted by atomic mass is 9.95. The fraction of sp³-hybridized carbons (Fsp3) is 0.481. The van der Waals surface area contributed by atoms with Crippen LogP contribution >= 0.6 is 0 Å². The summed E-state index contributed by atoms with van der Waals surface area (Å²) in [6, 6.07) is 15.9. The van der Waals surface area contributed by atoms with Gasteiger partial charge in [-0.15, -0.1) is 0 Å². The molecule has 1 N–H and O–H groups in total. The van der Waals surface area contributed by atoms with E-state index in [4.69, 9.17) is 0 Å². The second kappa shape index (κ2) is 11.1. The first-order valence-corrected chi connectivity index (χ1v) is 11.7. The summed E-state index contributed by atoms with van der Waals surface area (Å²) in [5.74, 6) is -0.0171. The molecule has 3 rings (SSSR count). The first-order valence-electron chi connectivity index (χ1n) is 11.7. The van der Waals surface area contributed by atoms with Crippen LogP contribution < -0.4 is 5.32 Å². The van der Waals surface area contributed by atoms with Crippen LogP contribution in [0.15, 0.2) is 48.5 Å². The molecule has 1 aliphatic rings. The SMILES string of the molecule is CC[C@H](C(=O)NC1CCCCC1)N(Cc1ccccc1)C(=O)Cc1ccc(C)c(C)c1. The third-order valence-corrected chi connectivity index (χ3v) is 6.46. The van der Waals surface area contributed by atoms with E-state index in [0.29, 0.717) is 19.4 Å². The van der Waals surface area contributed by atoms with E-state index in [2.05, 4.69) is 31.3 Å². The first kappa shape index (κ1) is 23.1. The molecule has 0 unspecified atom stereocenters. The number of aryl methyl sites for hydroxylation is 2. The lowest BCUT2D eigenvalue weighted by Crippen LogP contribution is -2.51. The van der Waals surface area contributed by atoms with E-state index in [-0.39, 0.29) is 17.9 Å². The van der Waals surface area contributed by atoms with Gasteiger partial charge >= 0.3 is 0 Å². The van der Waals surface area contributed by atoms with Gasteiger partial charge in [-0.2, -0.15) is 0 Å². The summed E-state index contributed by atoms with van der Waals surface area (Å²) in [5.41, 5.74) is 4.44. The van der Waals surface area contributed by atoms with Gasteiger partial charge in [-0.05, 0) is 55.4 Å². The van der Waals surface area contributed by atoms with E-state index in [9.17, 15) is 9.59 Å². The third kappa shape index (κ3) is 6.43. The maximum Gasteiger partial charge on any atom is 0.243 e. The quantitative estimate of drug-likeness (QED) is 0.646. The summed E-state index contributed by atoms with van der Waals surface area (Å²) < 4.78 is 0. The predicted molar refractivity (Wildman–Crippen MR) is 126 cm³/mol. The average Bonchev–Trinajstić information content (AvgIpc) is 2.77. The summed E-state index contributed by atoms with van der Waals surface area (Å²) in [7, 11) is 0. The number of carbonyl (C=O) groups is 2. The summed E-state index contributed by atoms with van der Waals surface area (Å²) in [6.45, 7) is 6.58. The Kier molecular flexibility index (Phi) is 8.27. The van der Waals surface area contributed by atoms with Crippen LogP contribution in [-0.2, 0) is 22.6 Å². The minimum absolute atomic E-state index is 0.00208. The second-order valence-corrected chi connectivity index (χ2v) is 8.87. The predicted octanol–water partition coefficient (Wildman–Crippen LogP) is 5.10. The number of amides is 2. The van der Waals surface area contributed by atoms with Crippen molar-refractivity contribution < 1.29 is 9.59 Å². The number of nitrogens with zero attached hydrogens (tertiary/aromatic N) is 1. The molecule has 166 valence electrons. The maximum absolute atomic E-state index is 13.5. The van der Waals surface area contributed by atoms with Gasteiger partial charge < -0.3 is 10.2 Å². The van der Waals surface area contributed by atoms with Crippen molar-refractivity contribution in [2.24, 2.45) is 0 Å². The molecule has 0 spiro atoms. The molecule has 1 fully saturated rings. The topological polar surface area (TPSA) is 49.4 Å². The third-order valence-electron chi connectivity index (χ3n) is 6.46. The van der Waals surface area contributed by atoms with Crippen LogP contribution in [0.1, 0.15) is 67.7 Å². The van der Waals surface area contributed by atoms with Gasteiger partial charge in [0.1, 0.15) is 6.04 Å². The Morgan fingerprint density at radius 3 is 2.32 bits per heavy atom. The van der Waals surface area contributed by atoms with Crippen molar-refractivity contribution in [2.45, 2.75) is 84.3 Å². The number of hydrogen-bond acceptors (Lipinski definition) is 2. The molecule has 2 aromatic rings. The minimum atomic E-state index is -0.457. The standard InChI is InChI=1S/C27H36N2O2/c1-4-25(27(31)28-24-13-9-6-10-14-24)29(19-22-11-7-5-8-12-22)26(30)18-23-16-15-20(2)21(3)17-23/h5,7-8,11-12,15-17,24-25H,4,6,9-10,13-14,18-19H2,1-3H3,(H,28,31)/t25-/m1/s1. The highest BCUT2D eigenvalue weighted by atomic mass is 16.2. The lowest BCUT2D eigenvalue weighted by Gasteiger charge is -2.33. The van der Waals surface area contributed by atoms with Crippen molar-refractivity contribution >= 4 is 11.8 Å². The molecule has 31 heavy (non-hydrogen) atoms. The van der Waals surface area contributed by atoms with Crippen molar-refractivity contribution in [1.29, 1.82) is 0 Å². The Morgan fingerprint density at radius 1 is 0.968 bits per heavy atom. The minimum Gasteiger partial charge on any atom is -0.352 e. The summed E-state index contributed by atoms with van der Waals surface area (Å²) >= 11 is 0. The molecule has 4 heteroatoms. The summed E-state index contributed by atoms with van der Waals surface area (Å²) in [6.07, 6.45) is 6.57. The molecule has 2 amide bonds. The van der Waals surface area contributed by atoms with Crippen LogP contribution in [0, 0.1) is 13.8 Å². The Morgan fingerprint density at radius 2 is 1.68 bits per heavy atom. The number of rotatable bonds is 8. The van der Waals surface area contributed by atoms with Gasteiger partial charge in [0, 0.05) is 12.6 Å². The van der Waals surface area contributed by atoms with Gasteiger partial charge in [-0.25, -0.2) is 0 Å². The monoisotopic (exact) mass is 420 g/mol. The molecule has 0 bridgehead atoms. The maximum atomic E-state index is 13.5. The van der Waals surface area contributed by atoms with Crippen molar-refractivity contribution in [3.63, 3.8) is 0 Å². The highest BCUT2D eigenvalue weighted by Crippen LogP contribution is 2.20. The molecule has 1 atom stereocenters. The van der Waals surface area contributed by atoms with Crippen molar-refractivity contribution in [3.05, 3.63) is 70.8 Å². The van der Waals surface area contributed by atoms with Crippen LogP contribution in [0.5, 0.6) is 0 Å². The highest BCUT2D eigenvalue weighted by molar-refractivity contribution is 5.88. The molecule has 4 nitrogen and oxygen atoms in total. The Hall–Kier alpha value is -2.62. The van der Waals surface area contributed by atoms with Crippen molar-refractivity contribution in [1.82, 2.24) is 10.2 Å². The number of benzene rings is 2. The Labute approximate surface area is 187 Å². The molecule has 2 aromatic carbocycles. The molecule has 0 aromatic heterocycles. The zero-order valence-electron chi connectivity index (χ0n) is 19.2. The normalized spacial score (nSPS) is 15.3. The molecule has 1 saturated carbocycles. The first-order chi connectivity index (χ1) is 15.0. The Bertz CT molecular complexity index is 872. The smallest absolute Gasteiger partial charge is 0.243 e. The zero-order valence-corrected chi connectivity index (χ0v) is 19.2. The van der Waals surface area contributed by atoms with E-state index < -0.39 is 6.04 Å². The second-order valence-electron chi connectivity index (χ2n) is 8.87. The van der Waals surface area contributed by atoms with Crippen molar-refractivity contribution in [3.8, 4) is 0 Å². The fourth-order valence-corrected chi connectivity index (χ4v) is 4.43. The lowest BCUT2D eigenvalue weighted by molar-refractivity contribution is -0.141. The zero-order chi connectivity index (χ0) is 22.2. The average molecular weight is 421 g/mol. The molecule has 0 aliphatic heterocycles. The van der Waals surface area contributed by atoms with Gasteiger partial charge in [-0.1, -0.05) is 74.7 Å². The molecule has 0 heterocycles. The number of nitrogens with one attached hydrogen (secondary N) is 1. The summed E-state index contributed by atoms with van der Waals surface area (Å²) in [5, 5.41) is 3.24. The highest BCUT2D eigenvalue weighted by Gasteiger charge is 2.30. The Balaban J connectivity index is 1.79. The number of carbonyl (C=O) groups excluding carboxylic acids is 2. The largest absolute Gasteiger partial charge is 0.352 e. The van der Waals surface area contributed by atoms with E-state index in [0.717, 1.165) is 24.0 Å². The van der Waals surface area contributed by atoms with E-state index in [1.54, 1.807) is 4.90 Å². The van der Waals surface area contributed by atoms with Crippen LogP contribution in [0.25, 0.3) is 0 Å². The summed E-state index contributed by atoms with van der Waals surface area (Å²) in [4.78, 5) is 28.5.